The van der Waals surface area contributed by atoms with Crippen LogP contribution in [0.25, 0.3) is 0 Å². The van der Waals surface area contributed by atoms with Crippen LogP contribution < -0.4 is 9.47 Å². The number of rotatable bonds is 10. The number of allylic oxidation sites excluding steroid dienone is 2. The quantitative estimate of drug-likeness (QED) is 0.170. The molecule has 1 saturated heterocycles. The molecule has 0 bridgehead atoms. The van der Waals surface area contributed by atoms with Crippen molar-refractivity contribution in [2.24, 2.45) is 5.10 Å². The van der Waals surface area contributed by atoms with Crippen LogP contribution in [0.3, 0.4) is 0 Å². The Morgan fingerprint density at radius 3 is 2.74 bits per heavy atom. The number of esters is 1. The Kier molecular flexibility index (Phi) is 9.85. The predicted molar refractivity (Wildman–Crippen MR) is 131 cm³/mol. The van der Waals surface area contributed by atoms with Gasteiger partial charge in [0.1, 0.15) is 11.9 Å². The fraction of sp³-hybridized carbons (Fsp3) is 0.440. The van der Waals surface area contributed by atoms with Gasteiger partial charge in [-0.25, -0.2) is 9.78 Å². The van der Waals surface area contributed by atoms with E-state index in [4.69, 9.17) is 14.2 Å². The highest BCUT2D eigenvalue weighted by Crippen LogP contribution is 2.30. The highest BCUT2D eigenvalue weighted by atomic mass is 16.5. The molecule has 34 heavy (non-hydrogen) atoms. The van der Waals surface area contributed by atoms with E-state index < -0.39 is 5.97 Å². The summed E-state index contributed by atoms with van der Waals surface area (Å²) in [6, 6.07) is 1.56. The molecular formula is C25H34N4O5. The van der Waals surface area contributed by atoms with Crippen LogP contribution in [0.5, 0.6) is 11.6 Å². The Bertz CT molecular complexity index is 972. The molecule has 1 aliphatic heterocycles. The second-order valence-electron chi connectivity index (χ2n) is 7.70. The van der Waals surface area contributed by atoms with Crippen molar-refractivity contribution < 1.29 is 23.8 Å². The molecule has 2 heterocycles. The van der Waals surface area contributed by atoms with E-state index >= 15 is 0 Å². The van der Waals surface area contributed by atoms with E-state index in [0.717, 1.165) is 0 Å². The Morgan fingerprint density at radius 2 is 2.12 bits per heavy atom. The molecule has 9 heteroatoms. The fourth-order valence-corrected chi connectivity index (χ4v) is 3.67. The molecule has 0 N–H and O–H groups in total. The zero-order valence-corrected chi connectivity index (χ0v) is 20.6. The summed E-state index contributed by atoms with van der Waals surface area (Å²) >= 11 is 0. The SMILES string of the molecule is C=CC=C(C(=C)N(C)N=CC)C(=O)N1CC(Oc2nccc(OC)c2C(=O)OCC)CCC1C. The number of carbonyl (C=O) groups is 2. The zero-order chi connectivity index (χ0) is 25.3. The number of nitrogens with zero attached hydrogens (tertiary/aromatic N) is 4. The largest absolute Gasteiger partial charge is 0.496 e. The van der Waals surface area contributed by atoms with Crippen LogP contribution >= 0.6 is 0 Å². The van der Waals surface area contributed by atoms with E-state index in [9.17, 15) is 9.59 Å². The van der Waals surface area contributed by atoms with Gasteiger partial charge in [-0.1, -0.05) is 19.2 Å². The number of ether oxygens (including phenoxy) is 3. The average molecular weight is 471 g/mol. The van der Waals surface area contributed by atoms with Crippen molar-refractivity contribution in [1.82, 2.24) is 14.9 Å². The maximum absolute atomic E-state index is 13.5. The van der Waals surface area contributed by atoms with Gasteiger partial charge in [0.25, 0.3) is 5.91 Å². The van der Waals surface area contributed by atoms with Gasteiger partial charge >= 0.3 is 5.97 Å². The number of methoxy groups -OCH3 is 1. The van der Waals surface area contributed by atoms with Gasteiger partial charge in [-0.2, -0.15) is 5.10 Å². The first-order valence-corrected chi connectivity index (χ1v) is 11.2. The molecule has 1 aromatic rings. The number of likely N-dealkylation sites (N-methyl/N-ethyl adjacent to an activating group) is 1. The highest BCUT2D eigenvalue weighted by Gasteiger charge is 2.34. The molecule has 0 spiro atoms. The van der Waals surface area contributed by atoms with Crippen LogP contribution in [-0.4, -0.2) is 72.4 Å². The minimum atomic E-state index is -0.577. The lowest BCUT2D eigenvalue weighted by molar-refractivity contribution is -0.132. The monoisotopic (exact) mass is 470 g/mol. The summed E-state index contributed by atoms with van der Waals surface area (Å²) in [4.78, 5) is 32.0. The molecule has 0 saturated carbocycles. The molecule has 0 aliphatic carbocycles. The first-order valence-electron chi connectivity index (χ1n) is 11.2. The fourth-order valence-electron chi connectivity index (χ4n) is 3.67. The van der Waals surface area contributed by atoms with E-state index in [1.54, 1.807) is 55.2 Å². The van der Waals surface area contributed by atoms with Crippen LogP contribution in [0.2, 0.25) is 0 Å². The minimum Gasteiger partial charge on any atom is -0.496 e. The summed E-state index contributed by atoms with van der Waals surface area (Å²) in [6.07, 6.45) is 7.33. The van der Waals surface area contributed by atoms with Gasteiger partial charge in [-0.3, -0.25) is 9.80 Å². The maximum atomic E-state index is 13.5. The Morgan fingerprint density at radius 1 is 1.38 bits per heavy atom. The number of piperidine rings is 1. The van der Waals surface area contributed by atoms with Crippen LogP contribution in [0.4, 0.5) is 0 Å². The first-order chi connectivity index (χ1) is 16.3. The van der Waals surface area contributed by atoms with Gasteiger partial charge in [0, 0.05) is 25.5 Å². The third kappa shape index (κ3) is 6.24. The van der Waals surface area contributed by atoms with Crippen molar-refractivity contribution in [3.8, 4) is 11.6 Å². The van der Waals surface area contributed by atoms with Gasteiger partial charge in [0.2, 0.25) is 5.88 Å². The van der Waals surface area contributed by atoms with Crippen molar-refractivity contribution >= 4 is 18.1 Å². The molecule has 2 atom stereocenters. The van der Waals surface area contributed by atoms with Crippen molar-refractivity contribution in [3.05, 3.63) is 54.4 Å². The number of hydrogen-bond acceptors (Lipinski definition) is 8. The van der Waals surface area contributed by atoms with Crippen molar-refractivity contribution in [1.29, 1.82) is 0 Å². The molecule has 0 radical (unpaired) electrons. The molecule has 1 amide bonds. The van der Waals surface area contributed by atoms with Crippen molar-refractivity contribution in [3.63, 3.8) is 0 Å². The Hall–Kier alpha value is -3.62. The topological polar surface area (TPSA) is 93.6 Å². The molecule has 1 fully saturated rings. The minimum absolute atomic E-state index is 0.0175. The second-order valence-corrected chi connectivity index (χ2v) is 7.70. The third-order valence-corrected chi connectivity index (χ3v) is 5.46. The number of hydrazone groups is 1. The van der Waals surface area contributed by atoms with Gasteiger partial charge in [-0.05, 0) is 45.8 Å². The van der Waals surface area contributed by atoms with Crippen LogP contribution in [0.15, 0.2) is 53.9 Å². The summed E-state index contributed by atoms with van der Waals surface area (Å²) in [5, 5.41) is 5.72. The summed E-state index contributed by atoms with van der Waals surface area (Å²) in [7, 11) is 3.19. The number of pyridine rings is 1. The van der Waals surface area contributed by atoms with E-state index in [0.29, 0.717) is 36.4 Å². The number of amides is 1. The molecular weight excluding hydrogens is 436 g/mol. The number of aromatic nitrogens is 1. The van der Waals surface area contributed by atoms with Gasteiger partial charge in [-0.15, -0.1) is 0 Å². The van der Waals surface area contributed by atoms with Crippen molar-refractivity contribution in [2.45, 2.75) is 45.8 Å². The molecule has 0 aromatic carbocycles. The Labute approximate surface area is 201 Å². The van der Waals surface area contributed by atoms with E-state index in [-0.39, 0.29) is 36.1 Å². The Balaban J connectivity index is 2.29. The van der Waals surface area contributed by atoms with Crippen LogP contribution in [0.1, 0.15) is 44.0 Å². The van der Waals surface area contributed by atoms with Gasteiger partial charge in [0.15, 0.2) is 5.56 Å². The van der Waals surface area contributed by atoms with Gasteiger partial charge in [0.05, 0.1) is 31.5 Å². The lowest BCUT2D eigenvalue weighted by Crippen LogP contribution is -2.50. The lowest BCUT2D eigenvalue weighted by Gasteiger charge is -2.38. The summed E-state index contributed by atoms with van der Waals surface area (Å²) < 4.78 is 16.6. The van der Waals surface area contributed by atoms with Gasteiger partial charge < -0.3 is 19.1 Å². The van der Waals surface area contributed by atoms with E-state index in [1.165, 1.54) is 13.3 Å². The first kappa shape index (κ1) is 26.6. The third-order valence-electron chi connectivity index (χ3n) is 5.46. The molecule has 1 aromatic heterocycles. The molecule has 9 nitrogen and oxygen atoms in total. The normalized spacial score (nSPS) is 18.4. The molecule has 184 valence electrons. The zero-order valence-electron chi connectivity index (χ0n) is 20.6. The number of likely N-dealkylation sites (tertiary alicyclic amines) is 1. The summed E-state index contributed by atoms with van der Waals surface area (Å²) in [5.41, 5.74) is 0.975. The molecule has 1 aliphatic rings. The van der Waals surface area contributed by atoms with E-state index in [1.807, 2.05) is 6.92 Å². The number of carbonyl (C=O) groups excluding carboxylic acids is 2. The summed E-state index contributed by atoms with van der Waals surface area (Å²) in [6.45, 7) is 13.8. The average Bonchev–Trinajstić information content (AvgIpc) is 2.82. The highest BCUT2D eigenvalue weighted by molar-refractivity contribution is 5.98. The van der Waals surface area contributed by atoms with Crippen molar-refractivity contribution in [2.75, 3.05) is 27.3 Å². The molecule has 2 rings (SSSR count). The summed E-state index contributed by atoms with van der Waals surface area (Å²) in [5.74, 6) is -0.347. The lowest BCUT2D eigenvalue weighted by atomic mass is 9.99. The number of hydrogen-bond donors (Lipinski definition) is 0. The van der Waals surface area contributed by atoms with E-state index in [2.05, 4.69) is 23.2 Å². The second kappa shape index (κ2) is 12.6. The standard InChI is InChI=1S/C25H34N4O5/c1-8-11-20(18(5)28(6)27-9-2)24(30)29-16-19(13-12-17(29)4)34-23-22(25(31)33-10-3)21(32-7)14-15-26-23/h8-9,11,14-15,17,19H,1,5,10,12-13,16H2,2-4,6-7H3. The predicted octanol–water partition coefficient (Wildman–Crippen LogP) is 3.59. The van der Waals surface area contributed by atoms with Crippen LogP contribution in [0, 0.1) is 0 Å². The smallest absolute Gasteiger partial charge is 0.347 e. The van der Waals surface area contributed by atoms with Crippen LogP contribution in [-0.2, 0) is 9.53 Å². The molecule has 2 unspecified atom stereocenters. The maximum Gasteiger partial charge on any atom is 0.347 e.